The van der Waals surface area contributed by atoms with Crippen LogP contribution in [-0.4, -0.2) is 37.6 Å². The molecule has 0 aromatic heterocycles. The predicted octanol–water partition coefficient (Wildman–Crippen LogP) is 1.28. The first-order valence-electron chi connectivity index (χ1n) is 5.59. The van der Waals surface area contributed by atoms with E-state index in [1.54, 1.807) is 0 Å². The highest BCUT2D eigenvalue weighted by atomic mass is 16.5. The SMILES string of the molecule is COC(=O)CN1CC2CCCCC2C1. The highest BCUT2D eigenvalue weighted by Gasteiger charge is 2.34. The van der Waals surface area contributed by atoms with Crippen LogP contribution in [0.5, 0.6) is 0 Å². The molecule has 2 fully saturated rings. The van der Waals surface area contributed by atoms with Crippen molar-refractivity contribution >= 4 is 5.97 Å². The lowest BCUT2D eigenvalue weighted by atomic mass is 9.82. The molecular formula is C11H19NO2. The zero-order valence-electron chi connectivity index (χ0n) is 8.87. The lowest BCUT2D eigenvalue weighted by Gasteiger charge is -2.23. The topological polar surface area (TPSA) is 29.5 Å². The molecule has 2 unspecified atom stereocenters. The van der Waals surface area contributed by atoms with E-state index in [2.05, 4.69) is 9.64 Å². The third-order valence-electron chi connectivity index (χ3n) is 3.63. The molecule has 1 aliphatic heterocycles. The second kappa shape index (κ2) is 4.30. The molecule has 1 saturated heterocycles. The largest absolute Gasteiger partial charge is 0.468 e. The predicted molar refractivity (Wildman–Crippen MR) is 53.9 cm³/mol. The number of esters is 1. The van der Waals surface area contributed by atoms with Crippen molar-refractivity contribution in [2.45, 2.75) is 25.7 Å². The Labute approximate surface area is 85.4 Å². The fraction of sp³-hybridized carbons (Fsp3) is 0.909. The number of rotatable bonds is 2. The van der Waals surface area contributed by atoms with Gasteiger partial charge in [-0.25, -0.2) is 0 Å². The van der Waals surface area contributed by atoms with E-state index in [-0.39, 0.29) is 5.97 Å². The van der Waals surface area contributed by atoms with Crippen molar-refractivity contribution in [3.8, 4) is 0 Å². The molecule has 1 heterocycles. The average molecular weight is 197 g/mol. The monoisotopic (exact) mass is 197 g/mol. The van der Waals surface area contributed by atoms with E-state index < -0.39 is 0 Å². The Morgan fingerprint density at radius 1 is 1.29 bits per heavy atom. The molecule has 1 aliphatic carbocycles. The van der Waals surface area contributed by atoms with Crippen LogP contribution in [0.3, 0.4) is 0 Å². The summed E-state index contributed by atoms with van der Waals surface area (Å²) in [7, 11) is 1.46. The zero-order chi connectivity index (χ0) is 9.97. The first-order chi connectivity index (χ1) is 6.79. The van der Waals surface area contributed by atoms with Gasteiger partial charge in [0.25, 0.3) is 0 Å². The summed E-state index contributed by atoms with van der Waals surface area (Å²) in [6.45, 7) is 2.71. The van der Waals surface area contributed by atoms with Gasteiger partial charge < -0.3 is 4.74 Å². The number of methoxy groups -OCH3 is 1. The molecule has 3 heteroatoms. The fourth-order valence-corrected chi connectivity index (χ4v) is 2.88. The van der Waals surface area contributed by atoms with Gasteiger partial charge >= 0.3 is 5.97 Å². The summed E-state index contributed by atoms with van der Waals surface area (Å²) in [6.07, 6.45) is 5.49. The molecule has 80 valence electrons. The minimum absolute atomic E-state index is 0.0938. The maximum Gasteiger partial charge on any atom is 0.319 e. The fourth-order valence-electron chi connectivity index (χ4n) is 2.88. The Kier molecular flexibility index (Phi) is 3.06. The van der Waals surface area contributed by atoms with Crippen molar-refractivity contribution in [3.05, 3.63) is 0 Å². The molecule has 0 aromatic rings. The standard InChI is InChI=1S/C11H19NO2/c1-14-11(13)8-12-6-9-4-2-3-5-10(9)7-12/h9-10H,2-8H2,1H3. The normalized spacial score (nSPS) is 32.6. The first-order valence-corrected chi connectivity index (χ1v) is 5.59. The summed E-state index contributed by atoms with van der Waals surface area (Å²) in [4.78, 5) is 13.4. The smallest absolute Gasteiger partial charge is 0.319 e. The quantitative estimate of drug-likeness (QED) is 0.625. The molecule has 2 atom stereocenters. The lowest BCUT2D eigenvalue weighted by Crippen LogP contribution is -2.28. The number of carbonyl (C=O) groups excluding carboxylic acids is 1. The summed E-state index contributed by atoms with van der Waals surface area (Å²) in [6, 6.07) is 0. The van der Waals surface area contributed by atoms with Gasteiger partial charge in [0.1, 0.15) is 0 Å². The molecule has 3 nitrogen and oxygen atoms in total. The summed E-state index contributed by atoms with van der Waals surface area (Å²) in [5.41, 5.74) is 0. The Morgan fingerprint density at radius 3 is 2.36 bits per heavy atom. The maximum absolute atomic E-state index is 11.1. The summed E-state index contributed by atoms with van der Waals surface area (Å²) in [5, 5.41) is 0. The van der Waals surface area contributed by atoms with Crippen molar-refractivity contribution < 1.29 is 9.53 Å². The van der Waals surface area contributed by atoms with Gasteiger partial charge in [-0.1, -0.05) is 12.8 Å². The van der Waals surface area contributed by atoms with E-state index in [0.29, 0.717) is 6.54 Å². The number of fused-ring (bicyclic) bond motifs is 1. The van der Waals surface area contributed by atoms with Gasteiger partial charge in [-0.2, -0.15) is 0 Å². The van der Waals surface area contributed by atoms with Crippen molar-refractivity contribution in [2.75, 3.05) is 26.7 Å². The number of likely N-dealkylation sites (tertiary alicyclic amines) is 1. The average Bonchev–Trinajstić information content (AvgIpc) is 2.59. The molecule has 0 N–H and O–H groups in total. The molecule has 0 spiro atoms. The maximum atomic E-state index is 11.1. The van der Waals surface area contributed by atoms with Crippen LogP contribution in [0.4, 0.5) is 0 Å². The van der Waals surface area contributed by atoms with Crippen LogP contribution >= 0.6 is 0 Å². The Balaban J connectivity index is 1.83. The van der Waals surface area contributed by atoms with Crippen molar-refractivity contribution in [1.29, 1.82) is 0 Å². The first kappa shape index (κ1) is 9.97. The van der Waals surface area contributed by atoms with Crippen LogP contribution in [0.15, 0.2) is 0 Å². The zero-order valence-corrected chi connectivity index (χ0v) is 8.87. The van der Waals surface area contributed by atoms with E-state index in [9.17, 15) is 4.79 Å². The number of carbonyl (C=O) groups is 1. The summed E-state index contributed by atoms with van der Waals surface area (Å²) < 4.78 is 4.68. The van der Waals surface area contributed by atoms with E-state index in [4.69, 9.17) is 0 Å². The van der Waals surface area contributed by atoms with Crippen molar-refractivity contribution in [3.63, 3.8) is 0 Å². The molecule has 0 bridgehead atoms. The lowest BCUT2D eigenvalue weighted by molar-refractivity contribution is -0.141. The van der Waals surface area contributed by atoms with Gasteiger partial charge in [0.05, 0.1) is 13.7 Å². The highest BCUT2D eigenvalue weighted by molar-refractivity contribution is 5.71. The van der Waals surface area contributed by atoms with Crippen molar-refractivity contribution in [2.24, 2.45) is 11.8 Å². The van der Waals surface area contributed by atoms with E-state index in [1.807, 2.05) is 0 Å². The third-order valence-corrected chi connectivity index (χ3v) is 3.63. The minimum atomic E-state index is -0.0938. The highest BCUT2D eigenvalue weighted by Crippen LogP contribution is 2.35. The van der Waals surface area contributed by atoms with Crippen LogP contribution in [0, 0.1) is 11.8 Å². The Hall–Kier alpha value is -0.570. The second-order valence-corrected chi connectivity index (χ2v) is 4.57. The Bertz CT molecular complexity index is 203. The molecule has 14 heavy (non-hydrogen) atoms. The molecular weight excluding hydrogens is 178 g/mol. The minimum Gasteiger partial charge on any atom is -0.468 e. The van der Waals surface area contributed by atoms with Gasteiger partial charge in [-0.3, -0.25) is 9.69 Å². The molecule has 0 aromatic carbocycles. The number of hydrogen-bond acceptors (Lipinski definition) is 3. The summed E-state index contributed by atoms with van der Waals surface area (Å²) >= 11 is 0. The van der Waals surface area contributed by atoms with Crippen molar-refractivity contribution in [1.82, 2.24) is 4.90 Å². The molecule has 2 rings (SSSR count). The Morgan fingerprint density at radius 2 is 1.86 bits per heavy atom. The molecule has 2 aliphatic rings. The molecule has 0 radical (unpaired) electrons. The number of ether oxygens (including phenoxy) is 1. The second-order valence-electron chi connectivity index (χ2n) is 4.57. The molecule has 0 amide bonds. The molecule has 1 saturated carbocycles. The third kappa shape index (κ3) is 2.08. The van der Waals surface area contributed by atoms with E-state index in [0.717, 1.165) is 24.9 Å². The van der Waals surface area contributed by atoms with Crippen LogP contribution in [0.2, 0.25) is 0 Å². The van der Waals surface area contributed by atoms with Gasteiger partial charge in [-0.05, 0) is 24.7 Å². The van der Waals surface area contributed by atoms with Gasteiger partial charge in [0.2, 0.25) is 0 Å². The van der Waals surface area contributed by atoms with Gasteiger partial charge in [0.15, 0.2) is 0 Å². The van der Waals surface area contributed by atoms with Crippen LogP contribution in [-0.2, 0) is 9.53 Å². The van der Waals surface area contributed by atoms with E-state index >= 15 is 0 Å². The van der Waals surface area contributed by atoms with Crippen LogP contribution in [0.25, 0.3) is 0 Å². The summed E-state index contributed by atoms with van der Waals surface area (Å²) in [5.74, 6) is 1.62. The van der Waals surface area contributed by atoms with Crippen LogP contribution < -0.4 is 0 Å². The number of nitrogens with zero attached hydrogens (tertiary/aromatic N) is 1. The van der Waals surface area contributed by atoms with E-state index in [1.165, 1.54) is 32.8 Å². The van der Waals surface area contributed by atoms with Crippen LogP contribution in [0.1, 0.15) is 25.7 Å². The van der Waals surface area contributed by atoms with Gasteiger partial charge in [0, 0.05) is 13.1 Å². The van der Waals surface area contributed by atoms with Gasteiger partial charge in [-0.15, -0.1) is 0 Å². The number of hydrogen-bond donors (Lipinski definition) is 0.